The zero-order chi connectivity index (χ0) is 11.6. The Balaban J connectivity index is 3.41. The number of rotatable bonds is 2. The molecule has 0 saturated heterocycles. The van der Waals surface area contributed by atoms with E-state index in [1.165, 1.54) is 11.1 Å². The van der Waals surface area contributed by atoms with Crippen LogP contribution in [0.5, 0.6) is 5.75 Å². The monoisotopic (exact) mass is 207 g/mol. The number of aromatic nitrogens is 1. The lowest BCUT2D eigenvalue weighted by Crippen LogP contribution is -2.17. The third-order valence-corrected chi connectivity index (χ3v) is 2.53. The molecule has 1 aromatic rings. The Bertz CT molecular complexity index is 337. The Kier molecular flexibility index (Phi) is 3.38. The molecule has 0 aliphatic carbocycles. The van der Waals surface area contributed by atoms with Crippen molar-refractivity contribution in [1.29, 1.82) is 0 Å². The summed E-state index contributed by atoms with van der Waals surface area (Å²) in [6.45, 7) is 11.0. The van der Waals surface area contributed by atoms with Crippen molar-refractivity contribution in [2.45, 2.75) is 46.0 Å². The van der Waals surface area contributed by atoms with E-state index in [1.54, 1.807) is 13.3 Å². The lowest BCUT2D eigenvalue weighted by Gasteiger charge is -2.26. The minimum Gasteiger partial charge on any atom is -0.495 e. The first kappa shape index (κ1) is 12.0. The third kappa shape index (κ3) is 2.49. The number of ether oxygens (including phenoxy) is 1. The zero-order valence-corrected chi connectivity index (χ0v) is 10.6. The second-order valence-electron chi connectivity index (χ2n) is 5.21. The highest BCUT2D eigenvalue weighted by Gasteiger charge is 2.24. The second kappa shape index (κ2) is 4.21. The molecule has 1 aromatic heterocycles. The maximum absolute atomic E-state index is 5.40. The fourth-order valence-corrected chi connectivity index (χ4v) is 1.85. The van der Waals surface area contributed by atoms with Gasteiger partial charge in [0.15, 0.2) is 0 Å². The number of hydrogen-bond acceptors (Lipinski definition) is 2. The number of nitrogens with zero attached hydrogens (tertiary/aromatic N) is 1. The molecule has 0 fully saturated rings. The van der Waals surface area contributed by atoms with E-state index < -0.39 is 0 Å². The van der Waals surface area contributed by atoms with Crippen molar-refractivity contribution in [3.05, 3.63) is 23.5 Å². The molecule has 0 saturated carbocycles. The highest BCUT2D eigenvalue weighted by atomic mass is 16.5. The minimum absolute atomic E-state index is 0.0912. The molecule has 0 bridgehead atoms. The Morgan fingerprint density at radius 1 is 1.20 bits per heavy atom. The van der Waals surface area contributed by atoms with E-state index in [0.29, 0.717) is 5.92 Å². The molecule has 0 unspecified atom stereocenters. The number of hydrogen-bond donors (Lipinski definition) is 0. The lowest BCUT2D eigenvalue weighted by atomic mass is 9.81. The van der Waals surface area contributed by atoms with Gasteiger partial charge < -0.3 is 4.74 Å². The molecule has 15 heavy (non-hydrogen) atoms. The van der Waals surface area contributed by atoms with Crippen molar-refractivity contribution >= 4 is 0 Å². The SMILES string of the molecule is COc1cncc(C(C)C)c1C(C)(C)C. The van der Waals surface area contributed by atoms with Gasteiger partial charge in [0.2, 0.25) is 0 Å². The third-order valence-electron chi connectivity index (χ3n) is 2.53. The van der Waals surface area contributed by atoms with Crippen LogP contribution in [0.4, 0.5) is 0 Å². The number of pyridine rings is 1. The quantitative estimate of drug-likeness (QED) is 0.740. The molecule has 0 radical (unpaired) electrons. The van der Waals surface area contributed by atoms with Gasteiger partial charge in [-0.05, 0) is 16.9 Å². The highest BCUT2D eigenvalue weighted by Crippen LogP contribution is 2.36. The van der Waals surface area contributed by atoms with Crippen LogP contribution in [0.2, 0.25) is 0 Å². The molecule has 2 heteroatoms. The molecule has 1 heterocycles. The summed E-state index contributed by atoms with van der Waals surface area (Å²) >= 11 is 0. The molecular weight excluding hydrogens is 186 g/mol. The van der Waals surface area contributed by atoms with Crippen molar-refractivity contribution < 1.29 is 4.74 Å². The Hall–Kier alpha value is -1.05. The normalized spacial score (nSPS) is 11.9. The Morgan fingerprint density at radius 3 is 2.20 bits per heavy atom. The van der Waals surface area contributed by atoms with Crippen molar-refractivity contribution in [2.75, 3.05) is 7.11 Å². The van der Waals surface area contributed by atoms with Crippen LogP contribution in [0.3, 0.4) is 0 Å². The average Bonchev–Trinajstić information content (AvgIpc) is 2.15. The highest BCUT2D eigenvalue weighted by molar-refractivity contribution is 5.43. The summed E-state index contributed by atoms with van der Waals surface area (Å²) < 4.78 is 5.40. The van der Waals surface area contributed by atoms with E-state index in [1.807, 2.05) is 6.20 Å². The van der Waals surface area contributed by atoms with Crippen LogP contribution in [0.1, 0.15) is 51.7 Å². The van der Waals surface area contributed by atoms with Crippen LogP contribution < -0.4 is 4.74 Å². The van der Waals surface area contributed by atoms with Gasteiger partial charge in [0, 0.05) is 11.8 Å². The van der Waals surface area contributed by atoms with Crippen molar-refractivity contribution in [3.63, 3.8) is 0 Å². The molecule has 0 aromatic carbocycles. The fourth-order valence-electron chi connectivity index (χ4n) is 1.85. The molecule has 0 aliphatic heterocycles. The van der Waals surface area contributed by atoms with Crippen LogP contribution >= 0.6 is 0 Å². The van der Waals surface area contributed by atoms with Gasteiger partial charge in [-0.15, -0.1) is 0 Å². The summed E-state index contributed by atoms with van der Waals surface area (Å²) in [6.07, 6.45) is 3.75. The van der Waals surface area contributed by atoms with Crippen LogP contribution in [-0.4, -0.2) is 12.1 Å². The summed E-state index contributed by atoms with van der Waals surface area (Å²) in [4.78, 5) is 4.23. The molecule has 1 rings (SSSR count). The summed E-state index contributed by atoms with van der Waals surface area (Å²) in [5.74, 6) is 1.37. The van der Waals surface area contributed by atoms with Crippen molar-refractivity contribution in [1.82, 2.24) is 4.98 Å². The van der Waals surface area contributed by atoms with E-state index >= 15 is 0 Å². The molecule has 0 atom stereocenters. The van der Waals surface area contributed by atoms with E-state index in [0.717, 1.165) is 5.75 Å². The van der Waals surface area contributed by atoms with Crippen LogP contribution in [0, 0.1) is 0 Å². The minimum atomic E-state index is 0.0912. The standard InChI is InChI=1S/C13H21NO/c1-9(2)10-7-14-8-11(15-6)12(10)13(3,4)5/h7-9H,1-6H3. The van der Waals surface area contributed by atoms with Crippen molar-refractivity contribution in [2.24, 2.45) is 0 Å². The van der Waals surface area contributed by atoms with Gasteiger partial charge in [-0.2, -0.15) is 0 Å². The largest absolute Gasteiger partial charge is 0.495 e. The van der Waals surface area contributed by atoms with Gasteiger partial charge in [0.1, 0.15) is 5.75 Å². The predicted molar refractivity (Wildman–Crippen MR) is 63.6 cm³/mol. The van der Waals surface area contributed by atoms with Gasteiger partial charge in [-0.25, -0.2) is 0 Å². The number of methoxy groups -OCH3 is 1. The summed E-state index contributed by atoms with van der Waals surface area (Å²) in [7, 11) is 1.70. The molecule has 0 amide bonds. The Morgan fingerprint density at radius 2 is 1.80 bits per heavy atom. The van der Waals surface area contributed by atoms with E-state index in [-0.39, 0.29) is 5.41 Å². The van der Waals surface area contributed by atoms with Gasteiger partial charge in [0.05, 0.1) is 13.3 Å². The van der Waals surface area contributed by atoms with Crippen LogP contribution in [0.15, 0.2) is 12.4 Å². The van der Waals surface area contributed by atoms with Crippen LogP contribution in [-0.2, 0) is 5.41 Å². The smallest absolute Gasteiger partial charge is 0.141 e. The first-order chi connectivity index (χ1) is 6.88. The van der Waals surface area contributed by atoms with Crippen molar-refractivity contribution in [3.8, 4) is 5.75 Å². The summed E-state index contributed by atoms with van der Waals surface area (Å²) in [5, 5.41) is 0. The molecule has 84 valence electrons. The summed E-state index contributed by atoms with van der Waals surface area (Å²) in [6, 6.07) is 0. The molecule has 0 aliphatic rings. The summed E-state index contributed by atoms with van der Waals surface area (Å²) in [5.41, 5.74) is 2.64. The molecular formula is C13H21NO. The van der Waals surface area contributed by atoms with Gasteiger partial charge in [-0.3, -0.25) is 4.98 Å². The van der Waals surface area contributed by atoms with Crippen LogP contribution in [0.25, 0.3) is 0 Å². The first-order valence-electron chi connectivity index (χ1n) is 5.40. The lowest BCUT2D eigenvalue weighted by molar-refractivity contribution is 0.393. The molecule has 0 N–H and O–H groups in total. The van der Waals surface area contributed by atoms with E-state index in [4.69, 9.17) is 4.74 Å². The van der Waals surface area contributed by atoms with Gasteiger partial charge in [0.25, 0.3) is 0 Å². The maximum Gasteiger partial charge on any atom is 0.141 e. The molecule has 0 spiro atoms. The Labute approximate surface area is 92.7 Å². The zero-order valence-electron chi connectivity index (χ0n) is 10.6. The van der Waals surface area contributed by atoms with E-state index in [2.05, 4.69) is 39.6 Å². The second-order valence-corrected chi connectivity index (χ2v) is 5.21. The maximum atomic E-state index is 5.40. The van der Waals surface area contributed by atoms with Gasteiger partial charge in [-0.1, -0.05) is 34.6 Å². The first-order valence-corrected chi connectivity index (χ1v) is 5.40. The molecule has 2 nitrogen and oxygen atoms in total. The topological polar surface area (TPSA) is 22.1 Å². The average molecular weight is 207 g/mol. The van der Waals surface area contributed by atoms with Gasteiger partial charge >= 0.3 is 0 Å². The fraction of sp³-hybridized carbons (Fsp3) is 0.615. The van der Waals surface area contributed by atoms with E-state index in [9.17, 15) is 0 Å². The predicted octanol–water partition coefficient (Wildman–Crippen LogP) is 3.51.